The Hall–Kier alpha value is -2.47. The van der Waals surface area contributed by atoms with Crippen molar-refractivity contribution in [3.8, 4) is 0 Å². The van der Waals surface area contributed by atoms with Crippen LogP contribution in [-0.2, 0) is 11.3 Å². The molecule has 3 rings (SSSR count). The summed E-state index contributed by atoms with van der Waals surface area (Å²) in [5.41, 5.74) is 2.31. The van der Waals surface area contributed by atoms with Gasteiger partial charge in [0.25, 0.3) is 5.56 Å². The van der Waals surface area contributed by atoms with Crippen LogP contribution in [0.25, 0.3) is 10.2 Å². The summed E-state index contributed by atoms with van der Waals surface area (Å²) >= 11 is 1.33. The highest BCUT2D eigenvalue weighted by molar-refractivity contribution is 7.17. The van der Waals surface area contributed by atoms with E-state index in [-0.39, 0.29) is 18.0 Å². The molecule has 0 spiro atoms. The van der Waals surface area contributed by atoms with Crippen LogP contribution < -0.4 is 10.9 Å². The number of aromatic nitrogens is 2. The second-order valence-corrected chi connectivity index (χ2v) is 5.64. The molecule has 2 aromatic heterocycles. The van der Waals surface area contributed by atoms with Crippen LogP contribution in [0.3, 0.4) is 0 Å². The maximum absolute atomic E-state index is 12.2. The van der Waals surface area contributed by atoms with Gasteiger partial charge in [-0.1, -0.05) is 17.7 Å². The van der Waals surface area contributed by atoms with Crippen molar-refractivity contribution < 1.29 is 4.79 Å². The highest BCUT2D eigenvalue weighted by atomic mass is 32.1. The van der Waals surface area contributed by atoms with Crippen LogP contribution in [0.4, 0.5) is 5.69 Å². The van der Waals surface area contributed by atoms with Crippen LogP contribution in [0.1, 0.15) is 5.56 Å². The molecule has 0 saturated heterocycles. The number of nitrogens with zero attached hydrogens (tertiary/aromatic N) is 2. The first-order chi connectivity index (χ1) is 10.1. The monoisotopic (exact) mass is 299 g/mol. The number of fused-ring (bicyclic) bond motifs is 1. The second kappa shape index (κ2) is 5.49. The molecule has 0 saturated carbocycles. The summed E-state index contributed by atoms with van der Waals surface area (Å²) in [6.45, 7) is 1.93. The number of carbonyl (C=O) groups excluding carboxylic acids is 1. The summed E-state index contributed by atoms with van der Waals surface area (Å²) in [6, 6.07) is 9.29. The predicted molar refractivity (Wildman–Crippen MR) is 83.7 cm³/mol. The maximum atomic E-state index is 12.2. The van der Waals surface area contributed by atoms with Gasteiger partial charge in [-0.25, -0.2) is 4.98 Å². The van der Waals surface area contributed by atoms with Crippen LogP contribution >= 0.6 is 11.3 Å². The number of amides is 1. The van der Waals surface area contributed by atoms with Gasteiger partial charge in [-0.15, -0.1) is 11.3 Å². The largest absolute Gasteiger partial charge is 0.325 e. The number of aryl methyl sites for hydroxylation is 1. The SMILES string of the molecule is Cc1ccc(NC(=O)Cn2cnc3ccsc3c2=O)cc1. The third-order valence-electron chi connectivity index (χ3n) is 3.09. The molecule has 6 heteroatoms. The lowest BCUT2D eigenvalue weighted by Gasteiger charge is -2.07. The van der Waals surface area contributed by atoms with Gasteiger partial charge in [0.1, 0.15) is 11.2 Å². The zero-order valence-corrected chi connectivity index (χ0v) is 12.2. The first kappa shape index (κ1) is 13.5. The number of benzene rings is 1. The molecule has 5 nitrogen and oxygen atoms in total. The molecule has 3 aromatic rings. The van der Waals surface area contributed by atoms with Crippen LogP contribution in [0.15, 0.2) is 46.8 Å². The quantitative estimate of drug-likeness (QED) is 0.807. The molecule has 0 unspecified atom stereocenters. The van der Waals surface area contributed by atoms with Crippen molar-refractivity contribution >= 4 is 33.1 Å². The predicted octanol–water partition coefficient (Wildman–Crippen LogP) is 2.41. The van der Waals surface area contributed by atoms with E-state index in [1.165, 1.54) is 22.2 Å². The van der Waals surface area contributed by atoms with E-state index in [1.54, 1.807) is 6.07 Å². The maximum Gasteiger partial charge on any atom is 0.271 e. The Morgan fingerprint density at radius 1 is 1.29 bits per heavy atom. The molecular formula is C15H13N3O2S. The Morgan fingerprint density at radius 3 is 2.81 bits per heavy atom. The van der Waals surface area contributed by atoms with Gasteiger partial charge >= 0.3 is 0 Å². The molecular weight excluding hydrogens is 286 g/mol. The molecule has 2 heterocycles. The average molecular weight is 299 g/mol. The molecule has 0 bridgehead atoms. The number of nitrogens with one attached hydrogen (secondary N) is 1. The summed E-state index contributed by atoms with van der Waals surface area (Å²) in [7, 11) is 0. The topological polar surface area (TPSA) is 64.0 Å². The molecule has 0 aliphatic heterocycles. The van der Waals surface area contributed by atoms with E-state index in [0.29, 0.717) is 15.9 Å². The van der Waals surface area contributed by atoms with E-state index in [2.05, 4.69) is 10.3 Å². The van der Waals surface area contributed by atoms with Crippen molar-refractivity contribution in [1.29, 1.82) is 0 Å². The minimum atomic E-state index is -0.251. The lowest BCUT2D eigenvalue weighted by atomic mass is 10.2. The van der Waals surface area contributed by atoms with E-state index in [9.17, 15) is 9.59 Å². The zero-order valence-electron chi connectivity index (χ0n) is 11.4. The van der Waals surface area contributed by atoms with Crippen molar-refractivity contribution in [2.24, 2.45) is 0 Å². The van der Waals surface area contributed by atoms with Gasteiger partial charge in [0.05, 0.1) is 11.8 Å². The summed E-state index contributed by atoms with van der Waals surface area (Å²) in [6.07, 6.45) is 1.41. The molecule has 106 valence electrons. The van der Waals surface area contributed by atoms with Gasteiger partial charge in [0.15, 0.2) is 0 Å². The highest BCUT2D eigenvalue weighted by Gasteiger charge is 2.09. The van der Waals surface area contributed by atoms with E-state index in [1.807, 2.05) is 36.6 Å². The Morgan fingerprint density at radius 2 is 2.05 bits per heavy atom. The van der Waals surface area contributed by atoms with Gasteiger partial charge in [-0.2, -0.15) is 0 Å². The number of anilines is 1. The Kier molecular flexibility index (Phi) is 3.53. The number of thiophene rings is 1. The Balaban J connectivity index is 1.78. The lowest BCUT2D eigenvalue weighted by Crippen LogP contribution is -2.27. The minimum Gasteiger partial charge on any atom is -0.325 e. The van der Waals surface area contributed by atoms with Crippen molar-refractivity contribution in [1.82, 2.24) is 9.55 Å². The number of rotatable bonds is 3. The first-order valence-corrected chi connectivity index (χ1v) is 7.30. The fraction of sp³-hybridized carbons (Fsp3) is 0.133. The second-order valence-electron chi connectivity index (χ2n) is 4.73. The smallest absolute Gasteiger partial charge is 0.271 e. The van der Waals surface area contributed by atoms with E-state index < -0.39 is 0 Å². The van der Waals surface area contributed by atoms with E-state index >= 15 is 0 Å². The van der Waals surface area contributed by atoms with Crippen molar-refractivity contribution in [3.05, 3.63) is 58.0 Å². The molecule has 1 aromatic carbocycles. The highest BCUT2D eigenvalue weighted by Crippen LogP contribution is 2.13. The third kappa shape index (κ3) is 2.85. The normalized spacial score (nSPS) is 10.7. The van der Waals surface area contributed by atoms with Crippen molar-refractivity contribution in [2.45, 2.75) is 13.5 Å². The fourth-order valence-electron chi connectivity index (χ4n) is 1.98. The molecule has 0 aliphatic rings. The molecule has 21 heavy (non-hydrogen) atoms. The lowest BCUT2D eigenvalue weighted by molar-refractivity contribution is -0.116. The standard InChI is InChI=1S/C15H13N3O2S/c1-10-2-4-11(5-3-10)17-13(19)8-18-9-16-12-6-7-21-14(12)15(18)20/h2-7,9H,8H2,1H3,(H,17,19). The molecule has 1 N–H and O–H groups in total. The van der Waals surface area contributed by atoms with Crippen molar-refractivity contribution in [3.63, 3.8) is 0 Å². The molecule has 0 fully saturated rings. The van der Waals surface area contributed by atoms with E-state index in [0.717, 1.165) is 5.56 Å². The Bertz CT molecular complexity index is 849. The molecule has 0 atom stereocenters. The van der Waals surface area contributed by atoms with E-state index in [4.69, 9.17) is 0 Å². The minimum absolute atomic E-state index is 0.0481. The fourth-order valence-corrected chi connectivity index (χ4v) is 2.78. The summed E-state index contributed by atoms with van der Waals surface area (Å²) in [5.74, 6) is -0.251. The van der Waals surface area contributed by atoms with Gasteiger partial charge in [0.2, 0.25) is 5.91 Å². The van der Waals surface area contributed by atoms with Crippen LogP contribution in [-0.4, -0.2) is 15.5 Å². The third-order valence-corrected chi connectivity index (χ3v) is 3.98. The number of carbonyl (C=O) groups is 1. The summed E-state index contributed by atoms with van der Waals surface area (Å²) < 4.78 is 1.89. The van der Waals surface area contributed by atoms with Gasteiger partial charge in [-0.05, 0) is 30.5 Å². The van der Waals surface area contributed by atoms with Gasteiger partial charge in [-0.3, -0.25) is 14.2 Å². The molecule has 1 amide bonds. The summed E-state index contributed by atoms with van der Waals surface area (Å²) in [5, 5.41) is 4.58. The van der Waals surface area contributed by atoms with Crippen LogP contribution in [0.2, 0.25) is 0 Å². The number of hydrogen-bond donors (Lipinski definition) is 1. The number of hydrogen-bond acceptors (Lipinski definition) is 4. The summed E-state index contributed by atoms with van der Waals surface area (Å²) in [4.78, 5) is 28.3. The molecule has 0 aliphatic carbocycles. The van der Waals surface area contributed by atoms with Crippen molar-refractivity contribution in [2.75, 3.05) is 5.32 Å². The molecule has 0 radical (unpaired) electrons. The Labute approximate surface area is 124 Å². The zero-order chi connectivity index (χ0) is 14.8. The average Bonchev–Trinajstić information content (AvgIpc) is 2.94. The van der Waals surface area contributed by atoms with Gasteiger partial charge in [0, 0.05) is 5.69 Å². The van der Waals surface area contributed by atoms with Crippen LogP contribution in [0.5, 0.6) is 0 Å². The first-order valence-electron chi connectivity index (χ1n) is 6.42. The van der Waals surface area contributed by atoms with Crippen LogP contribution in [0, 0.1) is 6.92 Å². The van der Waals surface area contributed by atoms with Gasteiger partial charge < -0.3 is 5.32 Å².